The van der Waals surface area contributed by atoms with Crippen molar-refractivity contribution >= 4 is 18.2 Å². The summed E-state index contributed by atoms with van der Waals surface area (Å²) in [6.45, 7) is 2.91. The summed E-state index contributed by atoms with van der Waals surface area (Å²) in [4.78, 5) is 3.84. The first-order chi connectivity index (χ1) is 10.5. The van der Waals surface area contributed by atoms with Crippen LogP contribution in [0.2, 0.25) is 0 Å². The molecule has 0 bridgehead atoms. The lowest BCUT2D eigenvalue weighted by Gasteiger charge is -2.14. The fraction of sp³-hybridized carbons (Fsp3) is 0.769. The van der Waals surface area contributed by atoms with E-state index in [0.717, 1.165) is 19.3 Å². The van der Waals surface area contributed by atoms with Gasteiger partial charge >= 0.3 is 0 Å². The van der Waals surface area contributed by atoms with E-state index in [9.17, 15) is 10.2 Å². The highest BCUT2D eigenvalue weighted by Gasteiger charge is 2.44. The Morgan fingerprint density at radius 2 is 2.17 bits per heavy atom. The van der Waals surface area contributed by atoms with E-state index >= 15 is 0 Å². The summed E-state index contributed by atoms with van der Waals surface area (Å²) in [6, 6.07) is 0. The minimum atomic E-state index is -1.15. The molecule has 0 radical (unpaired) electrons. The Kier molecular flexibility index (Phi) is 7.86. The van der Waals surface area contributed by atoms with Crippen molar-refractivity contribution in [2.24, 2.45) is 5.73 Å². The van der Waals surface area contributed by atoms with Crippen LogP contribution in [0, 0.1) is 5.41 Å². The molecular weight excluding hydrogens is 326 g/mol. The number of nitrogens with zero attached hydrogens (tertiary/aromatic N) is 3. The van der Waals surface area contributed by atoms with Gasteiger partial charge in [-0.1, -0.05) is 19.8 Å². The standard InChI is InChI=1S/C13H23N5O4.ClH/c1-2-3-4-5-21-6-8-9(19)10(20)13(22-8)18-7-16-12(17-18)11(14)15;/h7-10,13,19-20H,2-6H2,1H3,(H3,14,15);1H/t8-,9-,10-,13-;/m1./s1. The van der Waals surface area contributed by atoms with E-state index in [2.05, 4.69) is 17.0 Å². The molecule has 0 amide bonds. The summed E-state index contributed by atoms with van der Waals surface area (Å²) in [5, 5.41) is 31.3. The first kappa shape index (κ1) is 19.8. The molecule has 10 heteroatoms. The molecule has 9 nitrogen and oxygen atoms in total. The number of aliphatic hydroxyl groups excluding tert-OH is 2. The van der Waals surface area contributed by atoms with Crippen LogP contribution < -0.4 is 5.73 Å². The SMILES string of the molecule is CCCCCOC[C@H]1O[C@@H](n2cnc(C(=N)N)n2)[C@H](O)[C@@H]1O.Cl. The van der Waals surface area contributed by atoms with Crippen LogP contribution in [0.5, 0.6) is 0 Å². The first-order valence-corrected chi connectivity index (χ1v) is 7.39. The third-order valence-corrected chi connectivity index (χ3v) is 3.52. The molecule has 5 N–H and O–H groups in total. The maximum absolute atomic E-state index is 10.1. The quantitative estimate of drug-likeness (QED) is 0.289. The van der Waals surface area contributed by atoms with Gasteiger partial charge in [0.05, 0.1) is 6.61 Å². The predicted molar refractivity (Wildman–Crippen MR) is 84.6 cm³/mol. The van der Waals surface area contributed by atoms with Gasteiger partial charge in [0, 0.05) is 6.61 Å². The van der Waals surface area contributed by atoms with Crippen LogP contribution in [0.1, 0.15) is 38.2 Å². The van der Waals surface area contributed by atoms with E-state index in [1.54, 1.807) is 0 Å². The maximum Gasteiger partial charge on any atom is 0.215 e. The monoisotopic (exact) mass is 349 g/mol. The number of aromatic nitrogens is 3. The molecule has 1 saturated heterocycles. The molecule has 1 aromatic rings. The van der Waals surface area contributed by atoms with Crippen molar-refractivity contribution < 1.29 is 19.7 Å². The minimum Gasteiger partial charge on any atom is -0.387 e. The number of amidine groups is 1. The molecule has 4 atom stereocenters. The van der Waals surface area contributed by atoms with Crippen LogP contribution in [-0.2, 0) is 9.47 Å². The van der Waals surface area contributed by atoms with Crippen LogP contribution in [0.25, 0.3) is 0 Å². The molecule has 1 aromatic heterocycles. The zero-order valence-electron chi connectivity index (χ0n) is 13.0. The zero-order valence-corrected chi connectivity index (χ0v) is 13.8. The number of rotatable bonds is 8. The fourth-order valence-corrected chi connectivity index (χ4v) is 2.26. The number of unbranched alkanes of at least 4 members (excludes halogenated alkanes) is 2. The number of ether oxygens (including phenoxy) is 2. The van der Waals surface area contributed by atoms with Gasteiger partial charge in [-0.2, -0.15) is 0 Å². The Balaban J connectivity index is 0.00000264. The van der Waals surface area contributed by atoms with Gasteiger partial charge in [-0.15, -0.1) is 17.5 Å². The second-order valence-corrected chi connectivity index (χ2v) is 5.29. The van der Waals surface area contributed by atoms with Gasteiger partial charge in [0.1, 0.15) is 24.6 Å². The van der Waals surface area contributed by atoms with E-state index in [4.69, 9.17) is 20.6 Å². The van der Waals surface area contributed by atoms with E-state index in [1.165, 1.54) is 11.0 Å². The highest BCUT2D eigenvalue weighted by atomic mass is 35.5. The molecule has 0 aromatic carbocycles. The molecular formula is C13H24ClN5O4. The van der Waals surface area contributed by atoms with Crippen molar-refractivity contribution in [3.63, 3.8) is 0 Å². The van der Waals surface area contributed by atoms with Crippen LogP contribution in [0.4, 0.5) is 0 Å². The number of nitrogens with two attached hydrogens (primary N) is 1. The van der Waals surface area contributed by atoms with E-state index in [1.807, 2.05) is 0 Å². The molecule has 2 rings (SSSR count). The van der Waals surface area contributed by atoms with Crippen LogP contribution in [0.3, 0.4) is 0 Å². The smallest absolute Gasteiger partial charge is 0.215 e. The number of nitrogens with one attached hydrogen (secondary N) is 1. The van der Waals surface area contributed by atoms with Crippen molar-refractivity contribution in [1.82, 2.24) is 14.8 Å². The lowest BCUT2D eigenvalue weighted by atomic mass is 10.1. The first-order valence-electron chi connectivity index (χ1n) is 7.39. The summed E-state index contributed by atoms with van der Waals surface area (Å²) < 4.78 is 12.3. The summed E-state index contributed by atoms with van der Waals surface area (Å²) >= 11 is 0. The van der Waals surface area contributed by atoms with Crippen LogP contribution >= 0.6 is 12.4 Å². The van der Waals surface area contributed by atoms with Crippen molar-refractivity contribution in [2.45, 2.75) is 50.7 Å². The molecule has 1 fully saturated rings. The Hall–Kier alpha value is -1.26. The summed E-state index contributed by atoms with van der Waals surface area (Å²) in [5.74, 6) is -0.229. The highest BCUT2D eigenvalue weighted by molar-refractivity contribution is 5.90. The van der Waals surface area contributed by atoms with Crippen molar-refractivity contribution in [1.29, 1.82) is 5.41 Å². The van der Waals surface area contributed by atoms with E-state index in [-0.39, 0.29) is 30.7 Å². The highest BCUT2D eigenvalue weighted by Crippen LogP contribution is 2.28. The average molecular weight is 350 g/mol. The molecule has 1 aliphatic rings. The third-order valence-electron chi connectivity index (χ3n) is 3.52. The van der Waals surface area contributed by atoms with Gasteiger partial charge in [0.2, 0.25) is 5.82 Å². The lowest BCUT2D eigenvalue weighted by molar-refractivity contribution is -0.0715. The Morgan fingerprint density at radius 1 is 1.43 bits per heavy atom. The van der Waals surface area contributed by atoms with Crippen molar-refractivity contribution in [3.8, 4) is 0 Å². The lowest BCUT2D eigenvalue weighted by Crippen LogP contribution is -2.34. The van der Waals surface area contributed by atoms with Gasteiger partial charge in [-0.25, -0.2) is 9.67 Å². The third kappa shape index (κ3) is 4.85. The Bertz CT molecular complexity index is 500. The fourth-order valence-electron chi connectivity index (χ4n) is 2.26. The molecule has 0 unspecified atom stereocenters. The van der Waals surface area contributed by atoms with Gasteiger partial charge in [-0.05, 0) is 6.42 Å². The Morgan fingerprint density at radius 3 is 2.78 bits per heavy atom. The van der Waals surface area contributed by atoms with E-state index in [0.29, 0.717) is 6.61 Å². The van der Waals surface area contributed by atoms with Crippen molar-refractivity contribution in [3.05, 3.63) is 12.2 Å². The number of halogens is 1. The van der Waals surface area contributed by atoms with Crippen LogP contribution in [-0.4, -0.2) is 62.3 Å². The maximum atomic E-state index is 10.1. The molecule has 0 saturated carbocycles. The van der Waals surface area contributed by atoms with Gasteiger partial charge in [-0.3, -0.25) is 5.41 Å². The largest absolute Gasteiger partial charge is 0.387 e. The van der Waals surface area contributed by atoms with Gasteiger partial charge in [0.15, 0.2) is 12.1 Å². The van der Waals surface area contributed by atoms with Crippen molar-refractivity contribution in [2.75, 3.05) is 13.2 Å². The summed E-state index contributed by atoms with van der Waals surface area (Å²) in [5.41, 5.74) is 5.29. The molecule has 0 aliphatic carbocycles. The minimum absolute atomic E-state index is 0. The second-order valence-electron chi connectivity index (χ2n) is 5.29. The van der Waals surface area contributed by atoms with Gasteiger partial charge < -0.3 is 25.4 Å². The summed E-state index contributed by atoms with van der Waals surface area (Å²) in [7, 11) is 0. The predicted octanol–water partition coefficient (Wildman–Crippen LogP) is -0.190. The number of hydrogen-bond acceptors (Lipinski definition) is 7. The zero-order chi connectivity index (χ0) is 16.1. The molecule has 0 spiro atoms. The van der Waals surface area contributed by atoms with Gasteiger partial charge in [0.25, 0.3) is 0 Å². The average Bonchev–Trinajstić information content (AvgIpc) is 3.07. The molecule has 1 aliphatic heterocycles. The van der Waals surface area contributed by atoms with Crippen LogP contribution in [0.15, 0.2) is 6.33 Å². The molecule has 23 heavy (non-hydrogen) atoms. The second kappa shape index (κ2) is 9.14. The molecule has 132 valence electrons. The molecule has 2 heterocycles. The normalized spacial score (nSPS) is 26.9. The topological polar surface area (TPSA) is 140 Å². The number of nitrogen functional groups attached to an aromatic ring is 1. The number of hydrogen-bond donors (Lipinski definition) is 4. The number of aliphatic hydroxyl groups is 2. The van der Waals surface area contributed by atoms with E-state index < -0.39 is 24.5 Å². The summed E-state index contributed by atoms with van der Waals surface area (Å²) in [6.07, 6.45) is 0.736. The Labute approximate surface area is 140 Å².